The van der Waals surface area contributed by atoms with Crippen LogP contribution >= 0.6 is 0 Å². The molecule has 0 aliphatic carbocycles. The van der Waals surface area contributed by atoms with E-state index in [4.69, 9.17) is 0 Å². The Hall–Kier alpha value is -1.89. The lowest BCUT2D eigenvalue weighted by molar-refractivity contribution is -0.305. The van der Waals surface area contributed by atoms with Crippen molar-refractivity contribution in [2.45, 2.75) is 11.3 Å². The minimum absolute atomic E-state index is 0.0749. The molecule has 1 amide bonds. The Morgan fingerprint density at radius 2 is 1.94 bits per heavy atom. The summed E-state index contributed by atoms with van der Waals surface area (Å²) in [7, 11) is -3.90. The Bertz CT molecular complexity index is 592. The van der Waals surface area contributed by atoms with Crippen molar-refractivity contribution >= 4 is 21.9 Å². The molecule has 6 nitrogen and oxygen atoms in total. The number of rotatable bonds is 3. The first kappa shape index (κ1) is 11.6. The van der Waals surface area contributed by atoms with Crippen LogP contribution in [0.15, 0.2) is 29.2 Å². The molecule has 1 aliphatic heterocycles. The zero-order valence-corrected chi connectivity index (χ0v) is 9.44. The van der Waals surface area contributed by atoms with Crippen LogP contribution in [-0.2, 0) is 14.8 Å². The number of hydrogen-bond acceptors (Lipinski definition) is 5. The van der Waals surface area contributed by atoms with Gasteiger partial charge in [0.25, 0.3) is 15.9 Å². The van der Waals surface area contributed by atoms with Gasteiger partial charge in [-0.25, -0.2) is 12.7 Å². The lowest BCUT2D eigenvalue weighted by atomic mass is 10.2. The molecular weight excluding hydrogens is 246 g/mol. The summed E-state index contributed by atoms with van der Waals surface area (Å²) < 4.78 is 24.4. The number of carbonyl (C=O) groups is 2. The molecule has 0 fully saturated rings. The third-order valence-corrected chi connectivity index (χ3v) is 4.27. The van der Waals surface area contributed by atoms with E-state index >= 15 is 0 Å². The van der Waals surface area contributed by atoms with Crippen molar-refractivity contribution in [3.05, 3.63) is 29.8 Å². The van der Waals surface area contributed by atoms with Gasteiger partial charge in [-0.15, -0.1) is 0 Å². The maximum atomic E-state index is 11.9. The summed E-state index contributed by atoms with van der Waals surface area (Å²) in [5.41, 5.74) is 0.0749. The van der Waals surface area contributed by atoms with Gasteiger partial charge in [0.15, 0.2) is 0 Å². The van der Waals surface area contributed by atoms with E-state index in [1.54, 1.807) is 6.07 Å². The molecule has 0 bridgehead atoms. The summed E-state index contributed by atoms with van der Waals surface area (Å²) >= 11 is 0. The Labute approximate surface area is 97.5 Å². The van der Waals surface area contributed by atoms with Gasteiger partial charge in [0, 0.05) is 18.9 Å². The fourth-order valence-corrected chi connectivity index (χ4v) is 3.21. The van der Waals surface area contributed by atoms with Crippen molar-refractivity contribution < 1.29 is 23.1 Å². The zero-order chi connectivity index (χ0) is 12.6. The number of aliphatic carboxylic acids is 1. The molecule has 7 heteroatoms. The largest absolute Gasteiger partial charge is 0.550 e. The first-order valence-electron chi connectivity index (χ1n) is 4.80. The molecule has 0 saturated carbocycles. The number of benzene rings is 1. The van der Waals surface area contributed by atoms with Gasteiger partial charge in [0.1, 0.15) is 4.90 Å². The number of nitrogens with zero attached hydrogens (tertiary/aromatic N) is 1. The van der Waals surface area contributed by atoms with Crippen molar-refractivity contribution in [1.82, 2.24) is 4.31 Å². The lowest BCUT2D eigenvalue weighted by Gasteiger charge is -2.14. The van der Waals surface area contributed by atoms with E-state index in [0.29, 0.717) is 4.31 Å². The summed E-state index contributed by atoms with van der Waals surface area (Å²) in [6.45, 7) is -0.405. The molecule has 1 aliphatic rings. The molecule has 0 unspecified atom stereocenters. The van der Waals surface area contributed by atoms with Crippen LogP contribution in [0.4, 0.5) is 0 Å². The highest BCUT2D eigenvalue weighted by Crippen LogP contribution is 2.29. The number of carboxylic acids is 1. The molecule has 1 heterocycles. The molecule has 90 valence electrons. The van der Waals surface area contributed by atoms with Gasteiger partial charge >= 0.3 is 0 Å². The first-order valence-corrected chi connectivity index (χ1v) is 6.24. The van der Waals surface area contributed by atoms with E-state index in [1.165, 1.54) is 18.2 Å². The SMILES string of the molecule is O=C([O-])CCN1C(=O)c2ccccc2S1(=O)=O. The summed E-state index contributed by atoms with van der Waals surface area (Å²) in [6, 6.07) is 5.77. The van der Waals surface area contributed by atoms with Crippen molar-refractivity contribution in [3.8, 4) is 0 Å². The highest BCUT2D eigenvalue weighted by molar-refractivity contribution is 7.90. The van der Waals surface area contributed by atoms with Gasteiger partial charge < -0.3 is 9.90 Å². The molecule has 0 atom stereocenters. The molecule has 1 aromatic carbocycles. The molecular formula is C10H8NO5S-. The minimum Gasteiger partial charge on any atom is -0.550 e. The molecule has 0 spiro atoms. The van der Waals surface area contributed by atoms with Crippen LogP contribution in [0.2, 0.25) is 0 Å². The van der Waals surface area contributed by atoms with Gasteiger partial charge in [-0.1, -0.05) is 12.1 Å². The topological polar surface area (TPSA) is 94.6 Å². The lowest BCUT2D eigenvalue weighted by Crippen LogP contribution is -2.35. The summed E-state index contributed by atoms with van der Waals surface area (Å²) in [6.07, 6.45) is -0.515. The van der Waals surface area contributed by atoms with E-state index in [2.05, 4.69) is 0 Å². The van der Waals surface area contributed by atoms with E-state index < -0.39 is 34.9 Å². The first-order chi connectivity index (χ1) is 7.94. The van der Waals surface area contributed by atoms with Crippen LogP contribution in [0.1, 0.15) is 16.8 Å². The van der Waals surface area contributed by atoms with Crippen LogP contribution in [0.25, 0.3) is 0 Å². The summed E-state index contributed by atoms with van der Waals surface area (Å²) in [5.74, 6) is -2.09. The smallest absolute Gasteiger partial charge is 0.269 e. The molecule has 0 aromatic heterocycles. The van der Waals surface area contributed by atoms with Crippen LogP contribution in [0.3, 0.4) is 0 Å². The van der Waals surface area contributed by atoms with E-state index in [0.717, 1.165) is 0 Å². The maximum absolute atomic E-state index is 11.9. The third kappa shape index (κ3) is 1.78. The predicted octanol–water partition coefficient (Wildman–Crippen LogP) is -1.03. The number of carbonyl (C=O) groups excluding carboxylic acids is 2. The summed E-state index contributed by atoms with van der Waals surface area (Å²) in [5, 5.41) is 10.3. The van der Waals surface area contributed by atoms with Gasteiger partial charge in [0.2, 0.25) is 0 Å². The number of fused-ring (bicyclic) bond motifs is 1. The number of carboxylic acid groups (broad SMARTS) is 1. The van der Waals surface area contributed by atoms with Crippen LogP contribution in [0, 0.1) is 0 Å². The Kier molecular flexibility index (Phi) is 2.62. The van der Waals surface area contributed by atoms with Crippen LogP contribution in [-0.4, -0.2) is 31.1 Å². The van der Waals surface area contributed by atoms with E-state index in [9.17, 15) is 23.1 Å². The second kappa shape index (κ2) is 3.85. The van der Waals surface area contributed by atoms with E-state index in [1.807, 2.05) is 0 Å². The minimum atomic E-state index is -3.90. The summed E-state index contributed by atoms with van der Waals surface area (Å²) in [4.78, 5) is 22.0. The molecule has 0 radical (unpaired) electrons. The second-order valence-electron chi connectivity index (χ2n) is 3.50. The van der Waals surface area contributed by atoms with Crippen molar-refractivity contribution in [2.75, 3.05) is 6.54 Å². The van der Waals surface area contributed by atoms with Gasteiger partial charge in [-0.3, -0.25) is 4.79 Å². The Morgan fingerprint density at radius 1 is 1.29 bits per heavy atom. The highest BCUT2D eigenvalue weighted by Gasteiger charge is 2.40. The Balaban J connectivity index is 2.41. The van der Waals surface area contributed by atoms with Crippen molar-refractivity contribution in [1.29, 1.82) is 0 Å². The quantitative estimate of drug-likeness (QED) is 0.687. The monoisotopic (exact) mass is 254 g/mol. The Morgan fingerprint density at radius 3 is 2.53 bits per heavy atom. The fraction of sp³-hybridized carbons (Fsp3) is 0.200. The highest BCUT2D eigenvalue weighted by atomic mass is 32.2. The predicted molar refractivity (Wildman–Crippen MR) is 54.3 cm³/mol. The number of amides is 1. The normalized spacial score (nSPS) is 16.9. The van der Waals surface area contributed by atoms with Crippen molar-refractivity contribution in [2.24, 2.45) is 0 Å². The standard InChI is InChI=1S/C10H9NO5S/c12-9(13)5-6-11-10(14)7-3-1-2-4-8(7)17(11,15)16/h1-4H,5-6H2,(H,12,13)/p-1. The van der Waals surface area contributed by atoms with Crippen LogP contribution in [0.5, 0.6) is 0 Å². The molecule has 0 N–H and O–H groups in total. The van der Waals surface area contributed by atoms with Crippen molar-refractivity contribution in [3.63, 3.8) is 0 Å². The average Bonchev–Trinajstić information content (AvgIpc) is 2.46. The second-order valence-corrected chi connectivity index (χ2v) is 5.33. The molecule has 2 rings (SSSR count). The fourth-order valence-electron chi connectivity index (χ4n) is 1.65. The van der Waals surface area contributed by atoms with Crippen LogP contribution < -0.4 is 5.11 Å². The molecule has 1 aromatic rings. The average molecular weight is 254 g/mol. The number of sulfonamides is 1. The zero-order valence-electron chi connectivity index (χ0n) is 8.62. The maximum Gasteiger partial charge on any atom is 0.269 e. The van der Waals surface area contributed by atoms with Gasteiger partial charge in [-0.05, 0) is 12.1 Å². The third-order valence-electron chi connectivity index (χ3n) is 2.43. The molecule has 17 heavy (non-hydrogen) atoms. The van der Waals surface area contributed by atoms with E-state index in [-0.39, 0.29) is 10.5 Å². The molecule has 0 saturated heterocycles. The van der Waals surface area contributed by atoms with Gasteiger partial charge in [0.05, 0.1) is 5.56 Å². The van der Waals surface area contributed by atoms with Gasteiger partial charge in [-0.2, -0.15) is 0 Å². The number of hydrogen-bond donors (Lipinski definition) is 0.